The Morgan fingerprint density at radius 3 is 3.05 bits per heavy atom. The molecule has 0 saturated heterocycles. The van der Waals surface area contributed by atoms with Crippen LogP contribution in [-0.2, 0) is 6.42 Å². The Kier molecular flexibility index (Phi) is 3.92. The molecule has 0 bridgehead atoms. The summed E-state index contributed by atoms with van der Waals surface area (Å²) >= 11 is 1.43. The van der Waals surface area contributed by atoms with E-state index in [1.54, 1.807) is 18.2 Å². The number of fused-ring (bicyclic) bond motifs is 1. The number of nitrogens with two attached hydrogens (primary N) is 1. The van der Waals surface area contributed by atoms with Gasteiger partial charge in [0.15, 0.2) is 16.6 Å². The number of nitrogens with one attached hydrogen (secondary N) is 1. The highest BCUT2D eigenvalue weighted by Crippen LogP contribution is 2.32. The lowest BCUT2D eigenvalue weighted by Gasteiger charge is -2.05. The molecule has 1 aliphatic rings. The average molecular weight is 305 g/mol. The van der Waals surface area contributed by atoms with Crippen LogP contribution in [0.2, 0.25) is 0 Å². The summed E-state index contributed by atoms with van der Waals surface area (Å²) in [5, 5.41) is 5.39. The van der Waals surface area contributed by atoms with Crippen LogP contribution in [0, 0.1) is 0 Å². The van der Waals surface area contributed by atoms with Crippen LogP contribution in [0.25, 0.3) is 0 Å². The van der Waals surface area contributed by atoms with E-state index in [0.29, 0.717) is 28.7 Å². The van der Waals surface area contributed by atoms with Crippen molar-refractivity contribution in [2.24, 2.45) is 0 Å². The fraction of sp³-hybridized carbons (Fsp3) is 0.286. The van der Waals surface area contributed by atoms with E-state index in [4.69, 9.17) is 15.2 Å². The topological polar surface area (TPSA) is 86.5 Å². The third kappa shape index (κ3) is 3.25. The van der Waals surface area contributed by atoms with E-state index in [0.717, 1.165) is 18.5 Å². The summed E-state index contributed by atoms with van der Waals surface area (Å²) < 4.78 is 10.5. The van der Waals surface area contributed by atoms with Crippen molar-refractivity contribution >= 4 is 22.4 Å². The maximum Gasteiger partial charge on any atom is 0.251 e. The first-order chi connectivity index (χ1) is 10.2. The average Bonchev–Trinajstić information content (AvgIpc) is 3.11. The smallest absolute Gasteiger partial charge is 0.251 e. The Bertz CT molecular complexity index is 657. The van der Waals surface area contributed by atoms with Gasteiger partial charge in [0.25, 0.3) is 5.91 Å². The molecule has 0 fully saturated rings. The van der Waals surface area contributed by atoms with Gasteiger partial charge in [-0.3, -0.25) is 4.79 Å². The molecule has 0 aliphatic carbocycles. The summed E-state index contributed by atoms with van der Waals surface area (Å²) in [5.74, 6) is 1.17. The second-order valence-electron chi connectivity index (χ2n) is 4.60. The second-order valence-corrected chi connectivity index (χ2v) is 5.49. The number of aryl methyl sites for hydroxylation is 1. The predicted octanol–water partition coefficient (Wildman–Crippen LogP) is 1.82. The molecule has 1 aromatic heterocycles. The number of rotatable bonds is 5. The van der Waals surface area contributed by atoms with E-state index in [1.807, 2.05) is 5.38 Å². The SMILES string of the molecule is Nc1nc(CCCNC(=O)c2ccc3c(c2)OCO3)cs1. The molecule has 1 amide bonds. The fourth-order valence-corrected chi connectivity index (χ4v) is 2.65. The lowest BCUT2D eigenvalue weighted by molar-refractivity contribution is 0.0952. The van der Waals surface area contributed by atoms with Crippen molar-refractivity contribution in [3.63, 3.8) is 0 Å². The number of thiazole rings is 1. The molecule has 1 aliphatic heterocycles. The molecule has 2 aromatic rings. The van der Waals surface area contributed by atoms with Crippen molar-refractivity contribution in [2.75, 3.05) is 19.1 Å². The van der Waals surface area contributed by atoms with Crippen molar-refractivity contribution in [3.8, 4) is 11.5 Å². The van der Waals surface area contributed by atoms with Gasteiger partial charge in [0.05, 0.1) is 5.69 Å². The quantitative estimate of drug-likeness (QED) is 0.823. The van der Waals surface area contributed by atoms with Gasteiger partial charge in [0.2, 0.25) is 6.79 Å². The number of hydrogen-bond acceptors (Lipinski definition) is 6. The van der Waals surface area contributed by atoms with Crippen LogP contribution in [0.4, 0.5) is 5.13 Å². The number of aromatic nitrogens is 1. The van der Waals surface area contributed by atoms with E-state index >= 15 is 0 Å². The van der Waals surface area contributed by atoms with Crippen LogP contribution >= 0.6 is 11.3 Å². The molecule has 2 heterocycles. The van der Waals surface area contributed by atoms with Gasteiger partial charge in [-0.05, 0) is 31.0 Å². The highest BCUT2D eigenvalue weighted by atomic mass is 32.1. The van der Waals surface area contributed by atoms with E-state index < -0.39 is 0 Å². The number of amides is 1. The molecule has 0 unspecified atom stereocenters. The monoisotopic (exact) mass is 305 g/mol. The number of carbonyl (C=O) groups excluding carboxylic acids is 1. The van der Waals surface area contributed by atoms with Gasteiger partial charge >= 0.3 is 0 Å². The zero-order chi connectivity index (χ0) is 14.7. The maximum atomic E-state index is 12.0. The normalized spacial score (nSPS) is 12.4. The van der Waals surface area contributed by atoms with Gasteiger partial charge in [-0.25, -0.2) is 4.98 Å². The van der Waals surface area contributed by atoms with Crippen LogP contribution in [0.5, 0.6) is 11.5 Å². The molecule has 6 nitrogen and oxygen atoms in total. The van der Waals surface area contributed by atoms with E-state index in [9.17, 15) is 4.79 Å². The number of nitrogens with zero attached hydrogens (tertiary/aromatic N) is 1. The van der Waals surface area contributed by atoms with Crippen LogP contribution in [0.1, 0.15) is 22.5 Å². The summed E-state index contributed by atoms with van der Waals surface area (Å²) in [6, 6.07) is 5.16. The van der Waals surface area contributed by atoms with Gasteiger partial charge in [-0.1, -0.05) is 0 Å². The van der Waals surface area contributed by atoms with Gasteiger partial charge in [-0.15, -0.1) is 11.3 Å². The molecule has 0 atom stereocenters. The van der Waals surface area contributed by atoms with Gasteiger partial charge in [0.1, 0.15) is 0 Å². The number of ether oxygens (including phenoxy) is 2. The highest BCUT2D eigenvalue weighted by Gasteiger charge is 2.15. The van der Waals surface area contributed by atoms with Crippen LogP contribution in [0.3, 0.4) is 0 Å². The van der Waals surface area contributed by atoms with Crippen LogP contribution in [-0.4, -0.2) is 24.2 Å². The third-order valence-corrected chi connectivity index (χ3v) is 3.82. The van der Waals surface area contributed by atoms with Crippen LogP contribution < -0.4 is 20.5 Å². The zero-order valence-electron chi connectivity index (χ0n) is 11.3. The number of benzene rings is 1. The summed E-state index contributed by atoms with van der Waals surface area (Å²) in [4.78, 5) is 16.2. The van der Waals surface area contributed by atoms with Crippen molar-refractivity contribution in [3.05, 3.63) is 34.8 Å². The first-order valence-corrected chi connectivity index (χ1v) is 7.48. The Morgan fingerprint density at radius 1 is 1.38 bits per heavy atom. The summed E-state index contributed by atoms with van der Waals surface area (Å²) in [5.41, 5.74) is 7.10. The lowest BCUT2D eigenvalue weighted by atomic mass is 10.2. The molecule has 0 radical (unpaired) electrons. The Balaban J connectivity index is 1.48. The minimum Gasteiger partial charge on any atom is -0.454 e. The molecule has 0 spiro atoms. The molecule has 3 N–H and O–H groups in total. The van der Waals surface area contributed by atoms with Crippen LogP contribution in [0.15, 0.2) is 23.6 Å². The lowest BCUT2D eigenvalue weighted by Crippen LogP contribution is -2.24. The summed E-state index contributed by atoms with van der Waals surface area (Å²) in [6.07, 6.45) is 1.62. The first-order valence-electron chi connectivity index (χ1n) is 6.60. The molecule has 1 aromatic carbocycles. The van der Waals surface area contributed by atoms with Crippen molar-refractivity contribution in [1.29, 1.82) is 0 Å². The summed E-state index contributed by atoms with van der Waals surface area (Å²) in [6.45, 7) is 0.794. The third-order valence-electron chi connectivity index (χ3n) is 3.10. The number of hydrogen-bond donors (Lipinski definition) is 2. The number of nitrogen functional groups attached to an aromatic ring is 1. The minimum absolute atomic E-state index is 0.119. The van der Waals surface area contributed by atoms with E-state index in [-0.39, 0.29) is 12.7 Å². The zero-order valence-corrected chi connectivity index (χ0v) is 12.1. The Labute approximate surface area is 125 Å². The van der Waals surface area contributed by atoms with Crippen molar-refractivity contribution in [1.82, 2.24) is 10.3 Å². The fourth-order valence-electron chi connectivity index (χ4n) is 2.05. The molecule has 110 valence electrons. The van der Waals surface area contributed by atoms with Gasteiger partial charge in [0, 0.05) is 17.5 Å². The molecular weight excluding hydrogens is 290 g/mol. The number of carbonyl (C=O) groups is 1. The predicted molar refractivity (Wildman–Crippen MR) is 79.7 cm³/mol. The standard InChI is InChI=1S/C14H15N3O3S/c15-14-17-10(7-21-14)2-1-5-16-13(18)9-3-4-11-12(6-9)20-8-19-11/h3-4,6-7H,1-2,5,8H2,(H2,15,17)(H,16,18). The second kappa shape index (κ2) is 6.01. The largest absolute Gasteiger partial charge is 0.454 e. The molecule has 21 heavy (non-hydrogen) atoms. The van der Waals surface area contributed by atoms with Gasteiger partial charge in [-0.2, -0.15) is 0 Å². The molecule has 3 rings (SSSR count). The molecular formula is C14H15N3O3S. The number of anilines is 1. The maximum absolute atomic E-state index is 12.0. The Hall–Kier alpha value is -2.28. The molecule has 7 heteroatoms. The van der Waals surface area contributed by atoms with E-state index in [2.05, 4.69) is 10.3 Å². The minimum atomic E-state index is -0.119. The summed E-state index contributed by atoms with van der Waals surface area (Å²) in [7, 11) is 0. The van der Waals surface area contributed by atoms with Crippen molar-refractivity contribution in [2.45, 2.75) is 12.8 Å². The van der Waals surface area contributed by atoms with Crippen molar-refractivity contribution < 1.29 is 14.3 Å². The molecule has 0 saturated carbocycles. The highest BCUT2D eigenvalue weighted by molar-refractivity contribution is 7.13. The van der Waals surface area contributed by atoms with E-state index in [1.165, 1.54) is 11.3 Å². The van der Waals surface area contributed by atoms with Gasteiger partial charge < -0.3 is 20.5 Å². The Morgan fingerprint density at radius 2 is 2.24 bits per heavy atom. The first kappa shape index (κ1) is 13.7.